The first-order valence-corrected chi connectivity index (χ1v) is 11.1. The Morgan fingerprint density at radius 2 is 1.77 bits per heavy atom. The molecule has 31 heavy (non-hydrogen) atoms. The Balaban J connectivity index is 1.40. The van der Waals surface area contributed by atoms with Crippen LogP contribution in [0.15, 0.2) is 54.6 Å². The molecule has 3 aromatic rings. The maximum absolute atomic E-state index is 14.3. The molecule has 160 valence electrons. The molecule has 0 aromatic heterocycles. The number of halogens is 1. The van der Waals surface area contributed by atoms with Crippen molar-refractivity contribution in [2.45, 2.75) is 44.2 Å². The molecule has 0 bridgehead atoms. The van der Waals surface area contributed by atoms with Crippen LogP contribution in [0.4, 0.5) is 10.1 Å². The molecule has 0 spiro atoms. The Labute approximate surface area is 182 Å². The normalized spacial score (nSPS) is 18.0. The summed E-state index contributed by atoms with van der Waals surface area (Å²) in [6.07, 6.45) is 3.88. The molecule has 4 nitrogen and oxygen atoms in total. The summed E-state index contributed by atoms with van der Waals surface area (Å²) in [4.78, 5) is 13.3. The van der Waals surface area contributed by atoms with Crippen molar-refractivity contribution in [1.82, 2.24) is 10.6 Å². The van der Waals surface area contributed by atoms with E-state index in [0.717, 1.165) is 61.0 Å². The molecule has 0 unspecified atom stereocenters. The average molecular weight is 418 g/mol. The lowest BCUT2D eigenvalue weighted by Gasteiger charge is -2.25. The fraction of sp³-hybridized carbons (Fsp3) is 0.346. The first kappa shape index (κ1) is 20.0. The number of hydrogen-bond donors (Lipinski definition) is 3. The zero-order valence-electron chi connectivity index (χ0n) is 17.8. The fourth-order valence-electron chi connectivity index (χ4n) is 4.71. The Kier molecular flexibility index (Phi) is 5.14. The van der Waals surface area contributed by atoms with Crippen LogP contribution in [0.2, 0.25) is 0 Å². The van der Waals surface area contributed by atoms with Gasteiger partial charge in [0.05, 0.1) is 5.54 Å². The van der Waals surface area contributed by atoms with Gasteiger partial charge in [0.2, 0.25) is 0 Å². The second-order valence-corrected chi connectivity index (χ2v) is 8.88. The molecule has 1 amide bonds. The third-order valence-electron chi connectivity index (χ3n) is 6.68. The lowest BCUT2D eigenvalue weighted by molar-refractivity contribution is 0.0930. The van der Waals surface area contributed by atoms with E-state index in [4.69, 9.17) is 0 Å². The van der Waals surface area contributed by atoms with E-state index in [1.54, 1.807) is 6.07 Å². The lowest BCUT2D eigenvalue weighted by atomic mass is 9.96. The molecule has 2 aliphatic rings. The number of fused-ring (bicyclic) bond motifs is 1. The minimum absolute atomic E-state index is 0.0719. The quantitative estimate of drug-likeness (QED) is 0.555. The molecule has 2 fully saturated rings. The van der Waals surface area contributed by atoms with Gasteiger partial charge in [-0.1, -0.05) is 36.4 Å². The van der Waals surface area contributed by atoms with E-state index in [-0.39, 0.29) is 11.7 Å². The number of anilines is 1. The smallest absolute Gasteiger partial charge is 0.252 e. The average Bonchev–Trinajstić information content (AvgIpc) is 3.56. The summed E-state index contributed by atoms with van der Waals surface area (Å²) in [7, 11) is 0. The number of hydrogen-bond acceptors (Lipinski definition) is 3. The maximum atomic E-state index is 14.3. The van der Waals surface area contributed by atoms with E-state index in [2.05, 4.69) is 22.0 Å². The predicted octanol–water partition coefficient (Wildman–Crippen LogP) is 4.87. The Morgan fingerprint density at radius 1 is 1.03 bits per heavy atom. The number of aryl methyl sites for hydroxylation is 1. The van der Waals surface area contributed by atoms with Crippen LogP contribution in [-0.4, -0.2) is 25.0 Å². The van der Waals surface area contributed by atoms with E-state index < -0.39 is 5.54 Å². The Hall–Kier alpha value is -2.92. The SMILES string of the molecule is Cc1ccc(NC2CCNCC2)cc1C(=O)NC1(c2ccc(F)c3ccccc23)CC1. The molecule has 1 aliphatic carbocycles. The van der Waals surface area contributed by atoms with Gasteiger partial charge in [-0.3, -0.25) is 4.79 Å². The van der Waals surface area contributed by atoms with E-state index in [9.17, 15) is 9.18 Å². The summed E-state index contributed by atoms with van der Waals surface area (Å²) in [5.74, 6) is -0.300. The summed E-state index contributed by atoms with van der Waals surface area (Å²) >= 11 is 0. The van der Waals surface area contributed by atoms with Crippen LogP contribution >= 0.6 is 0 Å². The molecule has 1 saturated heterocycles. The van der Waals surface area contributed by atoms with Gasteiger partial charge in [0, 0.05) is 22.7 Å². The molecule has 5 heteroatoms. The highest BCUT2D eigenvalue weighted by Crippen LogP contribution is 2.48. The Bertz CT molecular complexity index is 1130. The van der Waals surface area contributed by atoms with Crippen LogP contribution in [0.25, 0.3) is 10.8 Å². The fourth-order valence-corrected chi connectivity index (χ4v) is 4.71. The molecule has 1 heterocycles. The van der Waals surface area contributed by atoms with Crippen LogP contribution in [-0.2, 0) is 5.54 Å². The van der Waals surface area contributed by atoms with Crippen molar-refractivity contribution < 1.29 is 9.18 Å². The summed E-state index contributed by atoms with van der Waals surface area (Å²) in [5, 5.41) is 11.7. The summed E-state index contributed by atoms with van der Waals surface area (Å²) in [5.41, 5.74) is 3.21. The number of benzene rings is 3. The summed E-state index contributed by atoms with van der Waals surface area (Å²) in [6.45, 7) is 4.01. The van der Waals surface area contributed by atoms with Crippen molar-refractivity contribution in [1.29, 1.82) is 0 Å². The van der Waals surface area contributed by atoms with Crippen molar-refractivity contribution in [3.63, 3.8) is 0 Å². The van der Waals surface area contributed by atoms with Gasteiger partial charge in [0.15, 0.2) is 0 Å². The Morgan fingerprint density at radius 3 is 2.52 bits per heavy atom. The van der Waals surface area contributed by atoms with Gasteiger partial charge in [0.25, 0.3) is 5.91 Å². The molecule has 1 aliphatic heterocycles. The monoisotopic (exact) mass is 417 g/mol. The number of carbonyl (C=O) groups excluding carboxylic acids is 1. The zero-order valence-corrected chi connectivity index (χ0v) is 17.8. The van der Waals surface area contributed by atoms with Gasteiger partial charge < -0.3 is 16.0 Å². The van der Waals surface area contributed by atoms with Gasteiger partial charge in [-0.05, 0) is 80.4 Å². The summed E-state index contributed by atoms with van der Waals surface area (Å²) in [6, 6.07) is 17.3. The van der Waals surface area contributed by atoms with E-state index in [0.29, 0.717) is 17.0 Å². The van der Waals surface area contributed by atoms with Crippen molar-refractivity contribution in [3.05, 3.63) is 77.1 Å². The highest BCUT2D eigenvalue weighted by molar-refractivity contribution is 5.98. The van der Waals surface area contributed by atoms with Crippen molar-refractivity contribution in [3.8, 4) is 0 Å². The van der Waals surface area contributed by atoms with Gasteiger partial charge >= 0.3 is 0 Å². The van der Waals surface area contributed by atoms with Crippen LogP contribution in [0.5, 0.6) is 0 Å². The van der Waals surface area contributed by atoms with E-state index in [1.807, 2.05) is 43.3 Å². The van der Waals surface area contributed by atoms with Gasteiger partial charge in [0.1, 0.15) is 5.82 Å². The standard InChI is InChI=1S/C26H28FN3O/c1-17-6-7-19(29-18-10-14-28-15-11-18)16-22(17)25(31)30-26(12-13-26)23-8-9-24(27)21-5-3-2-4-20(21)23/h2-9,16,18,28-29H,10-15H2,1H3,(H,30,31). The molecule has 1 saturated carbocycles. The number of piperidine rings is 1. The van der Waals surface area contributed by atoms with Gasteiger partial charge in [-0.2, -0.15) is 0 Å². The van der Waals surface area contributed by atoms with Crippen LogP contribution in [0, 0.1) is 12.7 Å². The van der Waals surface area contributed by atoms with E-state index >= 15 is 0 Å². The molecule has 0 radical (unpaired) electrons. The molecular formula is C26H28FN3O. The van der Waals surface area contributed by atoms with Crippen LogP contribution in [0.3, 0.4) is 0 Å². The predicted molar refractivity (Wildman–Crippen MR) is 123 cm³/mol. The molecule has 5 rings (SSSR count). The van der Waals surface area contributed by atoms with Crippen molar-refractivity contribution in [2.24, 2.45) is 0 Å². The minimum Gasteiger partial charge on any atom is -0.382 e. The number of amides is 1. The highest BCUT2D eigenvalue weighted by Gasteiger charge is 2.47. The second-order valence-electron chi connectivity index (χ2n) is 8.88. The maximum Gasteiger partial charge on any atom is 0.252 e. The van der Waals surface area contributed by atoms with Gasteiger partial charge in [-0.15, -0.1) is 0 Å². The van der Waals surface area contributed by atoms with E-state index in [1.165, 1.54) is 6.07 Å². The summed E-state index contributed by atoms with van der Waals surface area (Å²) < 4.78 is 14.3. The lowest BCUT2D eigenvalue weighted by Crippen LogP contribution is -2.36. The third-order valence-corrected chi connectivity index (χ3v) is 6.68. The number of carbonyl (C=O) groups is 1. The molecule has 0 atom stereocenters. The van der Waals surface area contributed by atoms with Crippen molar-refractivity contribution in [2.75, 3.05) is 18.4 Å². The largest absolute Gasteiger partial charge is 0.382 e. The van der Waals surface area contributed by atoms with Gasteiger partial charge in [-0.25, -0.2) is 4.39 Å². The minimum atomic E-state index is -0.421. The number of nitrogens with one attached hydrogen (secondary N) is 3. The van der Waals surface area contributed by atoms with Crippen molar-refractivity contribution >= 4 is 22.4 Å². The molecular weight excluding hydrogens is 389 g/mol. The third kappa shape index (κ3) is 3.90. The second kappa shape index (κ2) is 7.97. The van der Waals surface area contributed by atoms with Crippen LogP contribution < -0.4 is 16.0 Å². The molecule has 3 N–H and O–H groups in total. The topological polar surface area (TPSA) is 53.2 Å². The zero-order chi connectivity index (χ0) is 21.4. The molecule has 3 aromatic carbocycles. The highest BCUT2D eigenvalue weighted by atomic mass is 19.1. The van der Waals surface area contributed by atoms with Crippen LogP contribution in [0.1, 0.15) is 47.2 Å². The number of rotatable bonds is 5. The first-order chi connectivity index (χ1) is 15.1. The first-order valence-electron chi connectivity index (χ1n) is 11.1.